The Morgan fingerprint density at radius 3 is 2.81 bits per heavy atom. The number of H-pyrrole nitrogens is 1. The molecule has 0 spiro atoms. The molecule has 27 heavy (non-hydrogen) atoms. The fourth-order valence-corrected chi connectivity index (χ4v) is 4.78. The number of hydrogen-bond donors (Lipinski definition) is 3. The minimum absolute atomic E-state index is 0.0140. The Bertz CT molecular complexity index is 1050. The molecule has 0 bridgehead atoms. The zero-order chi connectivity index (χ0) is 18.8. The normalized spacial score (nSPS) is 28.9. The number of rotatable bonds is 3. The van der Waals surface area contributed by atoms with Crippen molar-refractivity contribution in [3.8, 4) is 0 Å². The number of carbonyl (C=O) groups excluding carboxylic acids is 1. The predicted octanol–water partition coefficient (Wildman–Crippen LogP) is 3.38. The lowest BCUT2D eigenvalue weighted by Crippen LogP contribution is -2.33. The standard InChI is InChI=1S/C20H17ClFN3O2/c21-11-5-16(15-9-23-25-17(15)6-11)20(27)7-13-14(8-20)18(13)24-19(26)10-2-1-3-12(22)4-10/h1-6,9,13-14,18,27H,7-8H2,(H,23,25)(H,24,26)/t13-,14+,18?,20+. The SMILES string of the molecule is O=C(NC1[C@H]2C[C@](O)(c3cc(Cl)cc4[nH]ncc34)C[C@@H]12)c1cccc(F)c1. The maximum Gasteiger partial charge on any atom is 0.251 e. The molecule has 2 saturated carbocycles. The number of nitrogens with one attached hydrogen (secondary N) is 2. The molecule has 2 aromatic carbocycles. The fraction of sp³-hybridized carbons (Fsp3) is 0.300. The van der Waals surface area contributed by atoms with Gasteiger partial charge in [-0.3, -0.25) is 9.89 Å². The molecule has 0 aliphatic heterocycles. The van der Waals surface area contributed by atoms with E-state index in [2.05, 4.69) is 15.5 Å². The first-order valence-electron chi connectivity index (χ1n) is 8.86. The average molecular weight is 386 g/mol. The number of aromatic nitrogens is 2. The summed E-state index contributed by atoms with van der Waals surface area (Å²) in [5.74, 6) is -0.308. The van der Waals surface area contributed by atoms with Gasteiger partial charge in [0, 0.05) is 22.0 Å². The second-order valence-electron chi connectivity index (χ2n) is 7.56. The molecule has 0 saturated heterocycles. The minimum Gasteiger partial charge on any atom is -0.385 e. The Balaban J connectivity index is 1.33. The van der Waals surface area contributed by atoms with Crippen LogP contribution in [0.5, 0.6) is 0 Å². The molecule has 1 unspecified atom stereocenters. The molecule has 3 N–H and O–H groups in total. The molecule has 2 aliphatic carbocycles. The van der Waals surface area contributed by atoms with Crippen LogP contribution in [0.3, 0.4) is 0 Å². The van der Waals surface area contributed by atoms with Crippen molar-refractivity contribution in [2.75, 3.05) is 0 Å². The van der Waals surface area contributed by atoms with Gasteiger partial charge in [-0.1, -0.05) is 17.7 Å². The van der Waals surface area contributed by atoms with Crippen molar-refractivity contribution >= 4 is 28.4 Å². The van der Waals surface area contributed by atoms with Crippen LogP contribution in [0.25, 0.3) is 10.9 Å². The van der Waals surface area contributed by atoms with Crippen molar-refractivity contribution in [3.05, 3.63) is 64.6 Å². The highest BCUT2D eigenvalue weighted by atomic mass is 35.5. The highest BCUT2D eigenvalue weighted by Crippen LogP contribution is 2.60. The summed E-state index contributed by atoms with van der Waals surface area (Å²) in [6.07, 6.45) is 2.80. The molecule has 3 aromatic rings. The number of aromatic amines is 1. The van der Waals surface area contributed by atoms with E-state index in [9.17, 15) is 14.3 Å². The van der Waals surface area contributed by atoms with Crippen LogP contribution in [0.2, 0.25) is 5.02 Å². The number of halogens is 2. The first kappa shape index (κ1) is 16.7. The summed E-state index contributed by atoms with van der Waals surface area (Å²) in [5, 5.41) is 22.6. The van der Waals surface area contributed by atoms with Gasteiger partial charge in [0.15, 0.2) is 0 Å². The van der Waals surface area contributed by atoms with Crippen LogP contribution in [0.4, 0.5) is 4.39 Å². The molecular weight excluding hydrogens is 369 g/mol. The zero-order valence-electron chi connectivity index (χ0n) is 14.2. The smallest absolute Gasteiger partial charge is 0.251 e. The predicted molar refractivity (Wildman–Crippen MR) is 98.9 cm³/mol. The lowest BCUT2D eigenvalue weighted by atomic mass is 9.86. The van der Waals surface area contributed by atoms with Crippen molar-refractivity contribution in [2.24, 2.45) is 11.8 Å². The third kappa shape index (κ3) is 2.71. The van der Waals surface area contributed by atoms with Gasteiger partial charge in [0.1, 0.15) is 5.82 Å². The van der Waals surface area contributed by atoms with E-state index in [-0.39, 0.29) is 23.8 Å². The van der Waals surface area contributed by atoms with Gasteiger partial charge in [-0.15, -0.1) is 0 Å². The quantitative estimate of drug-likeness (QED) is 0.646. The Hall–Kier alpha value is -2.44. The van der Waals surface area contributed by atoms with Gasteiger partial charge in [-0.25, -0.2) is 4.39 Å². The van der Waals surface area contributed by atoms with Crippen molar-refractivity contribution in [1.29, 1.82) is 0 Å². The van der Waals surface area contributed by atoms with E-state index in [1.165, 1.54) is 18.2 Å². The Morgan fingerprint density at radius 2 is 2.07 bits per heavy atom. The lowest BCUT2D eigenvalue weighted by molar-refractivity contribution is 0.0293. The molecule has 5 nitrogen and oxygen atoms in total. The third-order valence-corrected chi connectivity index (χ3v) is 6.11. The Morgan fingerprint density at radius 1 is 1.30 bits per heavy atom. The number of carbonyl (C=O) groups is 1. The molecule has 7 heteroatoms. The van der Waals surface area contributed by atoms with Gasteiger partial charge < -0.3 is 10.4 Å². The molecule has 1 amide bonds. The van der Waals surface area contributed by atoms with E-state index in [4.69, 9.17) is 11.6 Å². The number of fused-ring (bicyclic) bond motifs is 2. The lowest BCUT2D eigenvalue weighted by Gasteiger charge is -2.27. The molecule has 1 heterocycles. The fourth-order valence-electron chi connectivity index (χ4n) is 4.56. The van der Waals surface area contributed by atoms with E-state index < -0.39 is 11.4 Å². The van der Waals surface area contributed by atoms with Crippen LogP contribution >= 0.6 is 11.6 Å². The highest BCUT2D eigenvalue weighted by molar-refractivity contribution is 6.31. The van der Waals surface area contributed by atoms with E-state index >= 15 is 0 Å². The molecule has 2 fully saturated rings. The Kier molecular flexibility index (Phi) is 3.58. The van der Waals surface area contributed by atoms with Crippen LogP contribution < -0.4 is 5.32 Å². The van der Waals surface area contributed by atoms with Crippen LogP contribution in [0.15, 0.2) is 42.6 Å². The van der Waals surface area contributed by atoms with Crippen LogP contribution in [0, 0.1) is 17.7 Å². The number of aliphatic hydroxyl groups is 1. The summed E-state index contributed by atoms with van der Waals surface area (Å²) in [7, 11) is 0. The first-order valence-corrected chi connectivity index (χ1v) is 9.24. The van der Waals surface area contributed by atoms with Crippen molar-refractivity contribution in [2.45, 2.75) is 24.5 Å². The van der Waals surface area contributed by atoms with E-state index in [0.717, 1.165) is 16.5 Å². The summed E-state index contributed by atoms with van der Waals surface area (Å²) in [6, 6.07) is 9.25. The molecule has 4 atom stereocenters. The van der Waals surface area contributed by atoms with E-state index in [1.807, 2.05) is 0 Å². The molecular formula is C20H17ClFN3O2. The molecule has 138 valence electrons. The maximum absolute atomic E-state index is 13.3. The highest BCUT2D eigenvalue weighted by Gasteiger charge is 2.62. The van der Waals surface area contributed by atoms with Crippen molar-refractivity contribution < 1.29 is 14.3 Å². The van der Waals surface area contributed by atoms with Gasteiger partial charge in [-0.05, 0) is 60.6 Å². The Labute approximate surface area is 159 Å². The average Bonchev–Trinajstić information content (AvgIpc) is 3.01. The number of hydrogen-bond acceptors (Lipinski definition) is 3. The summed E-state index contributed by atoms with van der Waals surface area (Å²) in [6.45, 7) is 0. The maximum atomic E-state index is 13.3. The van der Waals surface area contributed by atoms with Crippen LogP contribution in [-0.4, -0.2) is 27.3 Å². The van der Waals surface area contributed by atoms with Gasteiger partial charge in [-0.2, -0.15) is 5.10 Å². The first-order chi connectivity index (χ1) is 12.9. The topological polar surface area (TPSA) is 78.0 Å². The van der Waals surface area contributed by atoms with Gasteiger partial charge in [0.25, 0.3) is 5.91 Å². The largest absolute Gasteiger partial charge is 0.385 e. The second-order valence-corrected chi connectivity index (χ2v) is 8.00. The molecule has 0 radical (unpaired) electrons. The molecule has 5 rings (SSSR count). The summed E-state index contributed by atoms with van der Waals surface area (Å²) >= 11 is 6.20. The van der Waals surface area contributed by atoms with Crippen molar-refractivity contribution in [3.63, 3.8) is 0 Å². The van der Waals surface area contributed by atoms with Crippen molar-refractivity contribution in [1.82, 2.24) is 15.5 Å². The van der Waals surface area contributed by atoms with Crippen LogP contribution in [-0.2, 0) is 5.60 Å². The minimum atomic E-state index is -0.984. The molecule has 2 aliphatic rings. The molecule has 1 aromatic heterocycles. The number of nitrogens with zero attached hydrogens (tertiary/aromatic N) is 1. The van der Waals surface area contributed by atoms with Gasteiger partial charge >= 0.3 is 0 Å². The zero-order valence-corrected chi connectivity index (χ0v) is 15.0. The third-order valence-electron chi connectivity index (χ3n) is 5.89. The number of amides is 1. The monoisotopic (exact) mass is 385 g/mol. The second kappa shape index (κ2) is 5.78. The summed E-state index contributed by atoms with van der Waals surface area (Å²) in [4.78, 5) is 12.3. The van der Waals surface area contributed by atoms with Gasteiger partial charge in [0.2, 0.25) is 0 Å². The summed E-state index contributed by atoms with van der Waals surface area (Å²) in [5.41, 5.74) is 0.899. The summed E-state index contributed by atoms with van der Waals surface area (Å²) < 4.78 is 13.3. The van der Waals surface area contributed by atoms with E-state index in [1.54, 1.807) is 24.4 Å². The van der Waals surface area contributed by atoms with Gasteiger partial charge in [0.05, 0.1) is 17.3 Å². The number of benzene rings is 2. The van der Waals surface area contributed by atoms with Crippen LogP contribution in [0.1, 0.15) is 28.8 Å². The van der Waals surface area contributed by atoms with E-state index in [0.29, 0.717) is 23.4 Å².